The first-order chi connectivity index (χ1) is 9.56. The number of rotatable bonds is 7. The Labute approximate surface area is 124 Å². The van der Waals surface area contributed by atoms with E-state index in [9.17, 15) is 10.1 Å². The quantitative estimate of drug-likeness (QED) is 0.749. The van der Waals surface area contributed by atoms with E-state index in [-0.39, 0.29) is 5.78 Å². The van der Waals surface area contributed by atoms with Crippen molar-refractivity contribution in [2.24, 2.45) is 5.41 Å². The molecule has 1 aromatic rings. The third-order valence-electron chi connectivity index (χ3n) is 3.99. The average molecular weight is 291 g/mol. The van der Waals surface area contributed by atoms with Crippen LogP contribution in [-0.2, 0) is 0 Å². The normalized spacial score (nSPS) is 15.7. The zero-order valence-electron chi connectivity index (χ0n) is 12.1. The molecule has 20 heavy (non-hydrogen) atoms. The fourth-order valence-electron chi connectivity index (χ4n) is 2.54. The standard InChI is InChI=1S/C15H21N3OS/c1-3-5-15(6-7-15)9-18-14-10(8-16)12(17)13(20-14)11(19)4-2/h18H,3-7,9,17H2,1-2H3. The summed E-state index contributed by atoms with van der Waals surface area (Å²) in [5.74, 6) is 0.00624. The van der Waals surface area contributed by atoms with Crippen LogP contribution in [0.2, 0.25) is 0 Å². The summed E-state index contributed by atoms with van der Waals surface area (Å²) in [5, 5.41) is 13.4. The lowest BCUT2D eigenvalue weighted by Gasteiger charge is -2.14. The maximum absolute atomic E-state index is 11.8. The average Bonchev–Trinajstić information content (AvgIpc) is 3.13. The van der Waals surface area contributed by atoms with E-state index >= 15 is 0 Å². The van der Waals surface area contributed by atoms with Crippen LogP contribution in [0.4, 0.5) is 10.7 Å². The maximum Gasteiger partial charge on any atom is 0.174 e. The van der Waals surface area contributed by atoms with Gasteiger partial charge in [0, 0.05) is 13.0 Å². The van der Waals surface area contributed by atoms with Crippen molar-refractivity contribution in [3.05, 3.63) is 10.4 Å². The summed E-state index contributed by atoms with van der Waals surface area (Å²) in [6.07, 6.45) is 5.30. The van der Waals surface area contributed by atoms with Gasteiger partial charge in [0.05, 0.1) is 10.6 Å². The van der Waals surface area contributed by atoms with E-state index in [1.165, 1.54) is 37.0 Å². The van der Waals surface area contributed by atoms with E-state index < -0.39 is 0 Å². The molecule has 1 aliphatic rings. The fourth-order valence-corrected chi connectivity index (χ4v) is 3.61. The molecule has 2 rings (SSSR count). The molecule has 0 unspecified atom stereocenters. The third kappa shape index (κ3) is 2.80. The molecule has 0 aliphatic heterocycles. The predicted octanol–water partition coefficient (Wildman–Crippen LogP) is 3.79. The highest BCUT2D eigenvalue weighted by molar-refractivity contribution is 7.19. The molecule has 1 fully saturated rings. The summed E-state index contributed by atoms with van der Waals surface area (Å²) < 4.78 is 0. The number of hydrogen-bond acceptors (Lipinski definition) is 5. The summed E-state index contributed by atoms with van der Waals surface area (Å²) in [6.45, 7) is 4.87. The van der Waals surface area contributed by atoms with Gasteiger partial charge in [-0.3, -0.25) is 4.79 Å². The van der Waals surface area contributed by atoms with Crippen LogP contribution in [0.5, 0.6) is 0 Å². The number of Topliss-reactive ketones (excluding diaryl/α,β-unsaturated/α-hetero) is 1. The first-order valence-corrected chi connectivity index (χ1v) is 7.98. The van der Waals surface area contributed by atoms with Gasteiger partial charge in [-0.15, -0.1) is 11.3 Å². The minimum atomic E-state index is 0.00624. The fraction of sp³-hybridized carbons (Fsp3) is 0.600. The van der Waals surface area contributed by atoms with Gasteiger partial charge in [-0.2, -0.15) is 5.26 Å². The van der Waals surface area contributed by atoms with E-state index in [0.717, 1.165) is 11.5 Å². The van der Waals surface area contributed by atoms with Crippen molar-refractivity contribution in [2.45, 2.75) is 46.0 Å². The zero-order valence-corrected chi connectivity index (χ0v) is 12.9. The number of carbonyl (C=O) groups excluding carboxylic acids is 1. The molecule has 3 N–H and O–H groups in total. The van der Waals surface area contributed by atoms with E-state index in [4.69, 9.17) is 5.73 Å². The van der Waals surface area contributed by atoms with Crippen molar-refractivity contribution < 1.29 is 4.79 Å². The second-order valence-electron chi connectivity index (χ2n) is 5.54. The Morgan fingerprint density at radius 1 is 1.50 bits per heavy atom. The first kappa shape index (κ1) is 14.9. The first-order valence-electron chi connectivity index (χ1n) is 7.16. The molecule has 0 spiro atoms. The largest absolute Gasteiger partial charge is 0.396 e. The topological polar surface area (TPSA) is 78.9 Å². The van der Waals surface area contributed by atoms with E-state index in [1.807, 2.05) is 0 Å². The minimum Gasteiger partial charge on any atom is -0.396 e. The van der Waals surface area contributed by atoms with Gasteiger partial charge in [0.15, 0.2) is 5.78 Å². The van der Waals surface area contributed by atoms with Crippen molar-refractivity contribution in [1.29, 1.82) is 5.26 Å². The predicted molar refractivity (Wildman–Crippen MR) is 83.1 cm³/mol. The molecule has 1 aromatic heterocycles. The van der Waals surface area contributed by atoms with Crippen LogP contribution in [-0.4, -0.2) is 12.3 Å². The Bertz CT molecular complexity index is 552. The monoisotopic (exact) mass is 291 g/mol. The highest BCUT2D eigenvalue weighted by Gasteiger charge is 2.41. The number of carbonyl (C=O) groups is 1. The van der Waals surface area contributed by atoms with Gasteiger partial charge < -0.3 is 11.1 Å². The van der Waals surface area contributed by atoms with E-state index in [1.54, 1.807) is 6.92 Å². The van der Waals surface area contributed by atoms with Crippen molar-refractivity contribution in [2.75, 3.05) is 17.6 Å². The van der Waals surface area contributed by atoms with Gasteiger partial charge >= 0.3 is 0 Å². The van der Waals surface area contributed by atoms with Gasteiger partial charge in [-0.05, 0) is 24.7 Å². The van der Waals surface area contributed by atoms with Gasteiger partial charge in [0.1, 0.15) is 16.6 Å². The van der Waals surface area contributed by atoms with Crippen LogP contribution >= 0.6 is 11.3 Å². The SMILES string of the molecule is CCCC1(CNc2sc(C(=O)CC)c(N)c2C#N)CC1. The van der Waals surface area contributed by atoms with E-state index in [0.29, 0.717) is 28.0 Å². The molecule has 0 saturated heterocycles. The zero-order chi connectivity index (χ0) is 14.8. The number of ketones is 1. The second-order valence-corrected chi connectivity index (χ2v) is 6.56. The molecule has 0 bridgehead atoms. The smallest absolute Gasteiger partial charge is 0.174 e. The molecular weight excluding hydrogens is 270 g/mol. The summed E-state index contributed by atoms with van der Waals surface area (Å²) in [5.41, 5.74) is 7.10. The molecule has 1 saturated carbocycles. The third-order valence-corrected chi connectivity index (χ3v) is 5.20. The molecule has 108 valence electrons. The Kier molecular flexibility index (Phi) is 4.34. The van der Waals surface area contributed by atoms with Crippen molar-refractivity contribution >= 4 is 27.8 Å². The van der Waals surface area contributed by atoms with E-state index in [2.05, 4.69) is 18.3 Å². The van der Waals surface area contributed by atoms with Crippen molar-refractivity contribution in [3.63, 3.8) is 0 Å². The second kappa shape index (κ2) is 5.84. The van der Waals surface area contributed by atoms with Gasteiger partial charge in [0.25, 0.3) is 0 Å². The summed E-state index contributed by atoms with van der Waals surface area (Å²) in [6, 6.07) is 2.12. The number of thiophene rings is 1. The molecular formula is C15H21N3OS. The van der Waals surface area contributed by atoms with Gasteiger partial charge in [-0.25, -0.2) is 0 Å². The lowest BCUT2D eigenvalue weighted by molar-refractivity contribution is 0.0993. The highest BCUT2D eigenvalue weighted by atomic mass is 32.1. The van der Waals surface area contributed by atoms with Crippen LogP contribution in [0.1, 0.15) is 61.2 Å². The Morgan fingerprint density at radius 3 is 2.70 bits per heavy atom. The molecule has 0 radical (unpaired) electrons. The number of nitrogens with one attached hydrogen (secondary N) is 1. The summed E-state index contributed by atoms with van der Waals surface area (Å²) >= 11 is 1.32. The lowest BCUT2D eigenvalue weighted by atomic mass is 10.0. The number of nitrogens with two attached hydrogens (primary N) is 1. The Hall–Kier alpha value is -1.54. The van der Waals surface area contributed by atoms with Crippen LogP contribution in [0, 0.1) is 16.7 Å². The minimum absolute atomic E-state index is 0.00624. The number of nitrogen functional groups attached to an aromatic ring is 1. The maximum atomic E-state index is 11.8. The van der Waals surface area contributed by atoms with Gasteiger partial charge in [0.2, 0.25) is 0 Å². The lowest BCUT2D eigenvalue weighted by Crippen LogP contribution is -2.15. The molecule has 0 amide bonds. The Balaban J connectivity index is 2.16. The molecule has 4 nitrogen and oxygen atoms in total. The number of nitriles is 1. The molecule has 5 heteroatoms. The van der Waals surface area contributed by atoms with Crippen LogP contribution in [0.15, 0.2) is 0 Å². The van der Waals surface area contributed by atoms with Gasteiger partial charge in [-0.1, -0.05) is 20.3 Å². The molecule has 0 aromatic carbocycles. The van der Waals surface area contributed by atoms with Crippen LogP contribution in [0.25, 0.3) is 0 Å². The molecule has 0 atom stereocenters. The number of nitrogens with zero attached hydrogens (tertiary/aromatic N) is 1. The molecule has 1 aliphatic carbocycles. The van der Waals surface area contributed by atoms with Crippen molar-refractivity contribution in [1.82, 2.24) is 0 Å². The Morgan fingerprint density at radius 2 is 2.20 bits per heavy atom. The molecule has 1 heterocycles. The highest BCUT2D eigenvalue weighted by Crippen LogP contribution is 2.50. The van der Waals surface area contributed by atoms with Crippen molar-refractivity contribution in [3.8, 4) is 6.07 Å². The number of hydrogen-bond donors (Lipinski definition) is 2. The summed E-state index contributed by atoms with van der Waals surface area (Å²) in [7, 11) is 0. The van der Waals surface area contributed by atoms with Crippen LogP contribution < -0.4 is 11.1 Å². The number of anilines is 2. The van der Waals surface area contributed by atoms with Crippen LogP contribution in [0.3, 0.4) is 0 Å². The summed E-state index contributed by atoms with van der Waals surface area (Å²) in [4.78, 5) is 12.3.